The second-order valence-corrected chi connectivity index (χ2v) is 12.6. The van der Waals surface area contributed by atoms with Crippen molar-refractivity contribution in [3.8, 4) is 5.19 Å². The van der Waals surface area contributed by atoms with E-state index in [4.69, 9.17) is 9.57 Å². The summed E-state index contributed by atoms with van der Waals surface area (Å²) in [5.74, 6) is -1.60. The number of benzene rings is 2. The molecule has 1 aromatic heterocycles. The maximum atomic E-state index is 14.3. The van der Waals surface area contributed by atoms with E-state index in [-0.39, 0.29) is 30.6 Å². The molecule has 3 amide bonds. The van der Waals surface area contributed by atoms with Crippen molar-refractivity contribution in [2.75, 3.05) is 19.0 Å². The summed E-state index contributed by atoms with van der Waals surface area (Å²) >= 11 is 1.21. The van der Waals surface area contributed by atoms with Crippen LogP contribution in [0.5, 0.6) is 5.19 Å². The fourth-order valence-electron chi connectivity index (χ4n) is 6.16. The van der Waals surface area contributed by atoms with Crippen LogP contribution in [0, 0.1) is 11.7 Å². The van der Waals surface area contributed by atoms with Gasteiger partial charge in [-0.3, -0.25) is 19.2 Å². The first-order chi connectivity index (χ1) is 21.4. The number of anilines is 1. The number of hydrogen-bond donors (Lipinski definition) is 3. The Kier molecular flexibility index (Phi) is 8.81. The van der Waals surface area contributed by atoms with E-state index in [1.807, 2.05) is 36.4 Å². The molecule has 44 heavy (non-hydrogen) atoms. The van der Waals surface area contributed by atoms with Crippen LogP contribution in [0.3, 0.4) is 0 Å². The predicted octanol–water partition coefficient (Wildman–Crippen LogP) is 4.34. The lowest BCUT2D eigenvalue weighted by molar-refractivity contribution is -0.142. The Morgan fingerprint density at radius 1 is 1.16 bits per heavy atom. The molecule has 5 atom stereocenters. The van der Waals surface area contributed by atoms with Crippen molar-refractivity contribution in [3.63, 3.8) is 0 Å². The summed E-state index contributed by atoms with van der Waals surface area (Å²) in [5.41, 5.74) is 2.66. The van der Waals surface area contributed by atoms with Gasteiger partial charge in [0.1, 0.15) is 29.5 Å². The van der Waals surface area contributed by atoms with Gasteiger partial charge in [-0.1, -0.05) is 54.5 Å². The number of nitrogens with one attached hydrogen (secondary N) is 3. The van der Waals surface area contributed by atoms with E-state index in [1.54, 1.807) is 11.0 Å². The van der Waals surface area contributed by atoms with Gasteiger partial charge in [-0.05, 0) is 56.0 Å². The summed E-state index contributed by atoms with van der Waals surface area (Å²) in [7, 11) is 1.35. The number of allylic oxidation sites excluding steroid dienone is 1. The molecule has 6 rings (SSSR count). The number of hydroxylamine groups is 1. The largest absolute Gasteiger partial charge is 0.465 e. The normalized spacial score (nSPS) is 27.5. The van der Waals surface area contributed by atoms with Crippen LogP contribution in [0.25, 0.3) is 10.2 Å². The molecule has 2 aromatic carbocycles. The van der Waals surface area contributed by atoms with Crippen molar-refractivity contribution in [2.45, 2.75) is 68.7 Å². The minimum absolute atomic E-state index is 0.161. The molecule has 0 spiro atoms. The number of ether oxygens (including phenoxy) is 1. The second-order valence-electron chi connectivity index (χ2n) is 11.6. The predicted molar refractivity (Wildman–Crippen MR) is 164 cm³/mol. The standard InChI is InChI=1S/C32H36FN5O5S/c1-42-37-30(41)32-18-20(32)10-6-3-2-4-9-13-25(34-22-11-7-5-8-12-22)29(40)38-19-23(17-26(38)28(39)36-32)43-31-35-24-15-14-21(33)16-27(24)44-31/h5-8,10-12,14-16,20,23,25-26,34H,2-4,9,13,17-19H2,1H3,(H,36,39)(H,37,41)/t20-,23-,25+,26+,32-/m1/s1. The fourth-order valence-corrected chi connectivity index (χ4v) is 7.06. The molecule has 12 heteroatoms. The highest BCUT2D eigenvalue weighted by Crippen LogP contribution is 2.45. The van der Waals surface area contributed by atoms with E-state index in [2.05, 4.69) is 27.2 Å². The van der Waals surface area contributed by atoms with Crippen LogP contribution in [-0.4, -0.2) is 65.0 Å². The zero-order valence-corrected chi connectivity index (χ0v) is 25.3. The fraction of sp³-hybridized carbons (Fsp3) is 0.438. The summed E-state index contributed by atoms with van der Waals surface area (Å²) in [6, 6.07) is 12.5. The average molecular weight is 622 g/mol. The number of amides is 3. The third-order valence-corrected chi connectivity index (χ3v) is 9.46. The lowest BCUT2D eigenvalue weighted by atomic mass is 10.0. The number of carbonyl (C=O) groups excluding carboxylic acids is 3. The van der Waals surface area contributed by atoms with Gasteiger partial charge in [-0.15, -0.1) is 0 Å². The third-order valence-electron chi connectivity index (χ3n) is 8.55. The number of rotatable bonds is 6. The first-order valence-corrected chi connectivity index (χ1v) is 15.8. The molecule has 1 saturated carbocycles. The number of para-hydroxylation sites is 1. The lowest BCUT2D eigenvalue weighted by Gasteiger charge is -2.30. The molecular formula is C32H36FN5O5S. The summed E-state index contributed by atoms with van der Waals surface area (Å²) in [4.78, 5) is 52.3. The first-order valence-electron chi connectivity index (χ1n) is 15.0. The number of halogens is 1. The van der Waals surface area contributed by atoms with Crippen molar-refractivity contribution < 1.29 is 28.3 Å². The van der Waals surface area contributed by atoms with Crippen molar-refractivity contribution in [1.29, 1.82) is 0 Å². The van der Waals surface area contributed by atoms with E-state index in [0.29, 0.717) is 28.3 Å². The molecule has 3 aliphatic rings. The molecule has 0 bridgehead atoms. The molecule has 2 fully saturated rings. The smallest absolute Gasteiger partial charge is 0.274 e. The number of thiazole rings is 1. The highest BCUT2D eigenvalue weighted by atomic mass is 32.1. The average Bonchev–Trinajstić information content (AvgIpc) is 3.32. The Bertz CT molecular complexity index is 1550. The lowest BCUT2D eigenvalue weighted by Crippen LogP contribution is -2.56. The van der Waals surface area contributed by atoms with Gasteiger partial charge in [-0.2, -0.15) is 0 Å². The summed E-state index contributed by atoms with van der Waals surface area (Å²) in [6.07, 6.45) is 8.35. The Morgan fingerprint density at radius 3 is 2.82 bits per heavy atom. The van der Waals surface area contributed by atoms with Crippen LogP contribution in [0.4, 0.5) is 10.1 Å². The van der Waals surface area contributed by atoms with Crippen LogP contribution in [0.1, 0.15) is 44.9 Å². The zero-order valence-electron chi connectivity index (χ0n) is 24.5. The van der Waals surface area contributed by atoms with E-state index in [0.717, 1.165) is 31.4 Å². The molecule has 232 valence electrons. The topological polar surface area (TPSA) is 122 Å². The summed E-state index contributed by atoms with van der Waals surface area (Å²) in [5, 5.41) is 6.72. The van der Waals surface area contributed by atoms with Gasteiger partial charge in [0.2, 0.25) is 11.8 Å². The Labute approximate surface area is 258 Å². The summed E-state index contributed by atoms with van der Waals surface area (Å²) in [6.45, 7) is 0.161. The Balaban J connectivity index is 1.29. The minimum Gasteiger partial charge on any atom is -0.465 e. The van der Waals surface area contributed by atoms with Crippen LogP contribution in [0.2, 0.25) is 0 Å². The van der Waals surface area contributed by atoms with Gasteiger partial charge in [0.15, 0.2) is 0 Å². The van der Waals surface area contributed by atoms with E-state index >= 15 is 0 Å². The van der Waals surface area contributed by atoms with Crippen molar-refractivity contribution in [1.82, 2.24) is 20.7 Å². The van der Waals surface area contributed by atoms with Gasteiger partial charge in [0, 0.05) is 18.0 Å². The number of nitrogens with zero attached hydrogens (tertiary/aromatic N) is 2. The number of carbonyl (C=O) groups is 3. The monoisotopic (exact) mass is 621 g/mol. The SMILES string of the molecule is CONC(=O)[C@@]12C[C@H]1C=CCCCCC[C@H](Nc1ccccc1)C(=O)N1C[C@H](Oc3nc4ccc(F)cc4s3)C[C@H]1C(=O)N2. The highest BCUT2D eigenvalue weighted by molar-refractivity contribution is 7.20. The Morgan fingerprint density at radius 2 is 2.00 bits per heavy atom. The molecule has 1 saturated heterocycles. The molecule has 0 radical (unpaired) electrons. The number of hydrogen-bond acceptors (Lipinski definition) is 8. The van der Waals surface area contributed by atoms with Gasteiger partial charge < -0.3 is 20.3 Å². The van der Waals surface area contributed by atoms with Crippen LogP contribution in [0.15, 0.2) is 60.7 Å². The van der Waals surface area contributed by atoms with Gasteiger partial charge in [0.25, 0.3) is 11.1 Å². The van der Waals surface area contributed by atoms with Crippen molar-refractivity contribution >= 4 is 45.0 Å². The van der Waals surface area contributed by atoms with E-state index in [9.17, 15) is 18.8 Å². The van der Waals surface area contributed by atoms with Gasteiger partial charge >= 0.3 is 0 Å². The van der Waals surface area contributed by atoms with Crippen LogP contribution < -0.4 is 20.9 Å². The highest BCUT2D eigenvalue weighted by Gasteiger charge is 2.61. The maximum absolute atomic E-state index is 14.3. The molecule has 3 aromatic rings. The molecule has 0 unspecified atom stereocenters. The second kappa shape index (κ2) is 12.9. The first kappa shape index (κ1) is 30.0. The molecule has 1 aliphatic carbocycles. The van der Waals surface area contributed by atoms with E-state index < -0.39 is 35.5 Å². The Hall–Kier alpha value is -4.03. The molecule has 3 heterocycles. The molecule has 2 aliphatic heterocycles. The summed E-state index contributed by atoms with van der Waals surface area (Å²) < 4.78 is 20.6. The third kappa shape index (κ3) is 6.41. The molecular weight excluding hydrogens is 585 g/mol. The molecule has 10 nitrogen and oxygen atoms in total. The van der Waals surface area contributed by atoms with Crippen molar-refractivity contribution in [3.05, 3.63) is 66.5 Å². The quantitative estimate of drug-likeness (QED) is 0.277. The maximum Gasteiger partial charge on any atom is 0.274 e. The van der Waals surface area contributed by atoms with Crippen LogP contribution >= 0.6 is 11.3 Å². The van der Waals surface area contributed by atoms with E-state index in [1.165, 1.54) is 30.6 Å². The minimum atomic E-state index is -1.16. The van der Waals surface area contributed by atoms with Crippen molar-refractivity contribution in [2.24, 2.45) is 5.92 Å². The molecule has 3 N–H and O–H groups in total. The van der Waals surface area contributed by atoms with Gasteiger partial charge in [-0.25, -0.2) is 14.9 Å². The zero-order chi connectivity index (χ0) is 30.7. The number of aromatic nitrogens is 1. The van der Waals surface area contributed by atoms with Crippen LogP contribution in [-0.2, 0) is 19.2 Å². The van der Waals surface area contributed by atoms with Gasteiger partial charge in [0.05, 0.1) is 23.9 Å². The number of fused-ring (bicyclic) bond motifs is 3.